The molecule has 15 heavy (non-hydrogen) atoms. The number of hydrogen-bond donors (Lipinski definition) is 2. The Bertz CT molecular complexity index is 352. The van der Waals surface area contributed by atoms with Gasteiger partial charge >= 0.3 is 0 Å². The fourth-order valence-electron chi connectivity index (χ4n) is 1.72. The summed E-state index contributed by atoms with van der Waals surface area (Å²) in [6.45, 7) is 0.345. The van der Waals surface area contributed by atoms with Crippen molar-refractivity contribution in [2.45, 2.75) is 25.3 Å². The second-order valence-electron chi connectivity index (χ2n) is 3.69. The smallest absolute Gasteiger partial charge is 0.227 e. The predicted molar refractivity (Wildman–Crippen MR) is 53.6 cm³/mol. The minimum atomic E-state index is -1.07. The minimum absolute atomic E-state index is 0.00794. The van der Waals surface area contributed by atoms with Crippen LogP contribution in [0.1, 0.15) is 12.0 Å². The molecule has 1 aromatic rings. The van der Waals surface area contributed by atoms with E-state index in [0.29, 0.717) is 6.54 Å². The van der Waals surface area contributed by atoms with E-state index in [9.17, 15) is 15.0 Å². The van der Waals surface area contributed by atoms with Crippen molar-refractivity contribution in [1.82, 2.24) is 4.90 Å². The second-order valence-corrected chi connectivity index (χ2v) is 3.69. The number of hydrogen-bond acceptors (Lipinski definition) is 3. The summed E-state index contributed by atoms with van der Waals surface area (Å²) in [5.41, 5.74) is 0.944. The van der Waals surface area contributed by atoms with Gasteiger partial charge in [0.25, 0.3) is 0 Å². The van der Waals surface area contributed by atoms with Crippen molar-refractivity contribution in [3.05, 3.63) is 35.9 Å². The van der Waals surface area contributed by atoms with Crippen LogP contribution in [0.25, 0.3) is 0 Å². The highest BCUT2D eigenvalue weighted by molar-refractivity contribution is 5.79. The molecule has 0 spiro atoms. The topological polar surface area (TPSA) is 60.8 Å². The highest BCUT2D eigenvalue weighted by Gasteiger charge is 2.36. The third-order valence-electron chi connectivity index (χ3n) is 2.56. The zero-order valence-corrected chi connectivity index (χ0v) is 8.21. The predicted octanol–water partition coefficient (Wildman–Crippen LogP) is 0.0982. The normalized spacial score (nSPS) is 26.0. The van der Waals surface area contributed by atoms with Gasteiger partial charge in [-0.3, -0.25) is 4.79 Å². The van der Waals surface area contributed by atoms with Gasteiger partial charge in [-0.15, -0.1) is 0 Å². The SMILES string of the molecule is O=C1C[C@H](O)C(O)N1Cc1ccccc1. The zero-order valence-electron chi connectivity index (χ0n) is 8.21. The van der Waals surface area contributed by atoms with E-state index in [-0.39, 0.29) is 12.3 Å². The van der Waals surface area contributed by atoms with Crippen molar-refractivity contribution in [3.8, 4) is 0 Å². The Kier molecular flexibility index (Phi) is 2.70. The monoisotopic (exact) mass is 207 g/mol. The van der Waals surface area contributed by atoms with Crippen molar-refractivity contribution in [3.63, 3.8) is 0 Å². The fourth-order valence-corrected chi connectivity index (χ4v) is 1.72. The van der Waals surface area contributed by atoms with Crippen LogP contribution in [0.3, 0.4) is 0 Å². The fraction of sp³-hybridized carbons (Fsp3) is 0.364. The van der Waals surface area contributed by atoms with Gasteiger partial charge in [0.1, 0.15) is 6.10 Å². The number of likely N-dealkylation sites (tertiary alicyclic amines) is 1. The van der Waals surface area contributed by atoms with E-state index < -0.39 is 12.3 Å². The Morgan fingerprint density at radius 3 is 2.47 bits per heavy atom. The lowest BCUT2D eigenvalue weighted by atomic mass is 10.2. The van der Waals surface area contributed by atoms with Crippen molar-refractivity contribution >= 4 is 5.91 Å². The van der Waals surface area contributed by atoms with Gasteiger partial charge < -0.3 is 15.1 Å². The molecule has 1 saturated heterocycles. The Morgan fingerprint density at radius 2 is 1.93 bits per heavy atom. The Morgan fingerprint density at radius 1 is 1.27 bits per heavy atom. The van der Waals surface area contributed by atoms with Crippen molar-refractivity contribution in [2.75, 3.05) is 0 Å². The summed E-state index contributed by atoms with van der Waals surface area (Å²) in [5, 5.41) is 18.8. The lowest BCUT2D eigenvalue weighted by Crippen LogP contribution is -2.36. The number of carbonyl (C=O) groups excluding carboxylic acids is 1. The molecule has 0 aliphatic carbocycles. The molecule has 0 radical (unpaired) electrons. The molecule has 2 N–H and O–H groups in total. The lowest BCUT2D eigenvalue weighted by molar-refractivity contribution is -0.134. The number of aliphatic hydroxyl groups excluding tert-OH is 2. The summed E-state index contributed by atoms with van der Waals surface area (Å²) < 4.78 is 0. The van der Waals surface area contributed by atoms with Gasteiger partial charge in [-0.05, 0) is 5.56 Å². The largest absolute Gasteiger partial charge is 0.388 e. The van der Waals surface area contributed by atoms with Crippen LogP contribution in [0.15, 0.2) is 30.3 Å². The Labute approximate surface area is 87.8 Å². The molecule has 1 amide bonds. The van der Waals surface area contributed by atoms with Gasteiger partial charge in [0, 0.05) is 6.54 Å². The van der Waals surface area contributed by atoms with Gasteiger partial charge in [0.05, 0.1) is 6.42 Å². The van der Waals surface area contributed by atoms with E-state index in [1.54, 1.807) is 0 Å². The van der Waals surface area contributed by atoms with E-state index in [0.717, 1.165) is 5.56 Å². The highest BCUT2D eigenvalue weighted by atomic mass is 16.4. The van der Waals surface area contributed by atoms with Crippen LogP contribution in [-0.2, 0) is 11.3 Å². The molecule has 0 bridgehead atoms. The van der Waals surface area contributed by atoms with Crippen LogP contribution in [-0.4, -0.2) is 33.4 Å². The summed E-state index contributed by atoms with van der Waals surface area (Å²) in [6.07, 6.45) is -2.02. The van der Waals surface area contributed by atoms with Crippen molar-refractivity contribution in [2.24, 2.45) is 0 Å². The molecule has 1 aromatic carbocycles. The molecule has 1 aliphatic rings. The first-order valence-corrected chi connectivity index (χ1v) is 4.88. The third-order valence-corrected chi connectivity index (χ3v) is 2.56. The maximum absolute atomic E-state index is 11.4. The molecule has 1 unspecified atom stereocenters. The summed E-state index contributed by atoms with van der Waals surface area (Å²) in [6, 6.07) is 9.40. The first-order chi connectivity index (χ1) is 7.18. The second kappa shape index (κ2) is 4.00. The van der Waals surface area contributed by atoms with Gasteiger partial charge in [-0.1, -0.05) is 30.3 Å². The van der Waals surface area contributed by atoms with E-state index in [4.69, 9.17) is 0 Å². The number of rotatable bonds is 2. The summed E-state index contributed by atoms with van der Waals surface area (Å²) in [7, 11) is 0. The van der Waals surface area contributed by atoms with Crippen LogP contribution in [0.2, 0.25) is 0 Å². The average molecular weight is 207 g/mol. The molecule has 0 aromatic heterocycles. The first kappa shape index (κ1) is 10.1. The molecule has 4 nitrogen and oxygen atoms in total. The van der Waals surface area contributed by atoms with Crippen LogP contribution >= 0.6 is 0 Å². The van der Waals surface area contributed by atoms with E-state index >= 15 is 0 Å². The van der Waals surface area contributed by atoms with Crippen LogP contribution in [0, 0.1) is 0 Å². The molecular formula is C11H13NO3. The van der Waals surface area contributed by atoms with Crippen LogP contribution in [0.5, 0.6) is 0 Å². The van der Waals surface area contributed by atoms with Crippen LogP contribution in [0.4, 0.5) is 0 Å². The number of aliphatic hydroxyl groups is 2. The number of carbonyl (C=O) groups is 1. The Balaban J connectivity index is 2.09. The molecule has 2 atom stereocenters. The summed E-state index contributed by atoms with van der Waals surface area (Å²) >= 11 is 0. The van der Waals surface area contributed by atoms with E-state index in [2.05, 4.69) is 0 Å². The standard InChI is InChI=1S/C11H13NO3/c13-9-6-10(14)12(11(9)15)7-8-4-2-1-3-5-8/h1-5,9,11,13,15H,6-7H2/t9-,11?/m0/s1. The zero-order chi connectivity index (χ0) is 10.8. The molecule has 1 aliphatic heterocycles. The van der Waals surface area contributed by atoms with Gasteiger partial charge in [0.15, 0.2) is 6.23 Å². The van der Waals surface area contributed by atoms with E-state index in [1.807, 2.05) is 30.3 Å². The lowest BCUT2D eigenvalue weighted by Gasteiger charge is -2.21. The Hall–Kier alpha value is -1.39. The quantitative estimate of drug-likeness (QED) is 0.723. The third kappa shape index (κ3) is 2.00. The maximum Gasteiger partial charge on any atom is 0.227 e. The molecular weight excluding hydrogens is 194 g/mol. The van der Waals surface area contributed by atoms with Crippen molar-refractivity contribution < 1.29 is 15.0 Å². The van der Waals surface area contributed by atoms with Gasteiger partial charge in [-0.2, -0.15) is 0 Å². The number of amides is 1. The molecule has 80 valence electrons. The van der Waals surface area contributed by atoms with Gasteiger partial charge in [-0.25, -0.2) is 0 Å². The highest BCUT2D eigenvalue weighted by Crippen LogP contribution is 2.19. The molecule has 4 heteroatoms. The molecule has 1 heterocycles. The van der Waals surface area contributed by atoms with Crippen LogP contribution < -0.4 is 0 Å². The number of nitrogens with zero attached hydrogens (tertiary/aromatic N) is 1. The molecule has 2 rings (SSSR count). The molecule has 0 saturated carbocycles. The summed E-state index contributed by atoms with van der Waals surface area (Å²) in [5.74, 6) is -0.209. The minimum Gasteiger partial charge on any atom is -0.388 e. The average Bonchev–Trinajstić information content (AvgIpc) is 2.47. The van der Waals surface area contributed by atoms with Crippen molar-refractivity contribution in [1.29, 1.82) is 0 Å². The maximum atomic E-state index is 11.4. The van der Waals surface area contributed by atoms with E-state index in [1.165, 1.54) is 4.90 Å². The first-order valence-electron chi connectivity index (χ1n) is 4.88. The molecule has 1 fully saturated rings. The summed E-state index contributed by atoms with van der Waals surface area (Å²) in [4.78, 5) is 12.7. The van der Waals surface area contributed by atoms with Gasteiger partial charge in [0.2, 0.25) is 5.91 Å². The number of benzene rings is 1.